The first kappa shape index (κ1) is 12.3. The topological polar surface area (TPSA) is 43.4 Å². The van der Waals surface area contributed by atoms with Crippen LogP contribution in [0.3, 0.4) is 0 Å². The van der Waals surface area contributed by atoms with E-state index in [1.165, 1.54) is 6.42 Å². The highest BCUT2D eigenvalue weighted by atomic mass is 16.5. The molecule has 4 heteroatoms. The summed E-state index contributed by atoms with van der Waals surface area (Å²) in [6.45, 7) is 4.71. The number of rotatable bonds is 4. The summed E-state index contributed by atoms with van der Waals surface area (Å²) in [5.41, 5.74) is 0.931. The van der Waals surface area contributed by atoms with Gasteiger partial charge in [0.2, 0.25) is 5.88 Å². The van der Waals surface area contributed by atoms with Crippen molar-refractivity contribution in [3.63, 3.8) is 0 Å². The zero-order chi connectivity index (χ0) is 12.1. The molecule has 2 rings (SSSR count). The number of hydrogen-bond acceptors (Lipinski definition) is 4. The molecule has 94 valence electrons. The molecule has 2 heterocycles. The average Bonchev–Trinajstić information content (AvgIpc) is 2.38. The van der Waals surface area contributed by atoms with Crippen LogP contribution < -0.4 is 10.1 Å². The number of ether oxygens (including phenoxy) is 2. The Labute approximate surface area is 102 Å². The maximum atomic E-state index is 6.02. The van der Waals surface area contributed by atoms with E-state index in [-0.39, 0.29) is 5.60 Å². The van der Waals surface area contributed by atoms with Gasteiger partial charge in [-0.25, -0.2) is 4.98 Å². The Kier molecular flexibility index (Phi) is 3.97. The van der Waals surface area contributed by atoms with E-state index in [0.717, 1.165) is 25.1 Å². The van der Waals surface area contributed by atoms with E-state index in [1.807, 2.05) is 12.1 Å². The van der Waals surface area contributed by atoms with Crippen molar-refractivity contribution in [3.05, 3.63) is 23.9 Å². The lowest BCUT2D eigenvalue weighted by Crippen LogP contribution is -2.45. The van der Waals surface area contributed by atoms with Gasteiger partial charge in [-0.2, -0.15) is 0 Å². The van der Waals surface area contributed by atoms with E-state index in [0.29, 0.717) is 12.5 Å². The first-order valence-corrected chi connectivity index (χ1v) is 6.06. The molecule has 0 amide bonds. The second kappa shape index (κ2) is 5.47. The molecule has 1 aliphatic heterocycles. The van der Waals surface area contributed by atoms with Crippen molar-refractivity contribution >= 4 is 0 Å². The van der Waals surface area contributed by atoms with Crippen LogP contribution in [0.15, 0.2) is 18.3 Å². The highest BCUT2D eigenvalue weighted by molar-refractivity contribution is 5.24. The Bertz CT molecular complexity index is 362. The summed E-state index contributed by atoms with van der Waals surface area (Å²) in [4.78, 5) is 4.17. The predicted octanol–water partition coefficient (Wildman–Crippen LogP) is 1.75. The van der Waals surface area contributed by atoms with E-state index < -0.39 is 0 Å². The summed E-state index contributed by atoms with van der Waals surface area (Å²) in [6, 6.07) is 3.90. The third-order valence-corrected chi connectivity index (χ3v) is 3.18. The third-order valence-electron chi connectivity index (χ3n) is 3.18. The van der Waals surface area contributed by atoms with Gasteiger partial charge in [-0.05, 0) is 38.4 Å². The lowest BCUT2D eigenvalue weighted by Gasteiger charge is -2.34. The second-order valence-corrected chi connectivity index (χ2v) is 4.69. The van der Waals surface area contributed by atoms with Crippen molar-refractivity contribution in [2.24, 2.45) is 0 Å². The van der Waals surface area contributed by atoms with Crippen LogP contribution in [0.25, 0.3) is 0 Å². The number of nitrogens with one attached hydrogen (secondary N) is 1. The van der Waals surface area contributed by atoms with Gasteiger partial charge in [0.1, 0.15) is 0 Å². The molecule has 17 heavy (non-hydrogen) atoms. The molecule has 1 fully saturated rings. The van der Waals surface area contributed by atoms with Gasteiger partial charge >= 0.3 is 0 Å². The normalized spacial score (nSPS) is 24.6. The Balaban J connectivity index is 1.96. The maximum absolute atomic E-state index is 6.02. The fourth-order valence-electron chi connectivity index (χ4n) is 2.12. The zero-order valence-electron chi connectivity index (χ0n) is 10.5. The number of hydrogen-bond donors (Lipinski definition) is 1. The minimum atomic E-state index is -0.0703. The largest absolute Gasteiger partial charge is 0.481 e. The lowest BCUT2D eigenvalue weighted by molar-refractivity contribution is -0.0577. The SMILES string of the molecule is COc1ncccc1COC1(C)CCCNC1. The molecule has 0 saturated carbocycles. The quantitative estimate of drug-likeness (QED) is 0.865. The molecule has 1 saturated heterocycles. The van der Waals surface area contributed by atoms with Gasteiger partial charge < -0.3 is 14.8 Å². The van der Waals surface area contributed by atoms with Crippen molar-refractivity contribution in [3.8, 4) is 5.88 Å². The standard InChI is InChI=1S/C13H20N2O2/c1-13(6-4-7-14-10-13)17-9-11-5-3-8-15-12(11)16-2/h3,5,8,14H,4,6-7,9-10H2,1-2H3. The molecule has 1 N–H and O–H groups in total. The number of aromatic nitrogens is 1. The van der Waals surface area contributed by atoms with Gasteiger partial charge in [0.05, 0.1) is 19.3 Å². The molecule has 0 aliphatic carbocycles. The summed E-state index contributed by atoms with van der Waals surface area (Å²) in [6.07, 6.45) is 4.00. The summed E-state index contributed by atoms with van der Waals surface area (Å²) >= 11 is 0. The molecule has 4 nitrogen and oxygen atoms in total. The fraction of sp³-hybridized carbons (Fsp3) is 0.615. The van der Waals surface area contributed by atoms with Crippen molar-refractivity contribution in [2.75, 3.05) is 20.2 Å². The fourth-order valence-corrected chi connectivity index (χ4v) is 2.12. The molecule has 1 aliphatic rings. The van der Waals surface area contributed by atoms with Crippen molar-refractivity contribution < 1.29 is 9.47 Å². The predicted molar refractivity (Wildman–Crippen MR) is 66.1 cm³/mol. The average molecular weight is 236 g/mol. The molecule has 0 bridgehead atoms. The number of piperidine rings is 1. The monoisotopic (exact) mass is 236 g/mol. The highest BCUT2D eigenvalue weighted by Gasteiger charge is 2.27. The Hall–Kier alpha value is -1.13. The lowest BCUT2D eigenvalue weighted by atomic mass is 9.96. The molecule has 0 spiro atoms. The van der Waals surface area contributed by atoms with Crippen LogP contribution >= 0.6 is 0 Å². The highest BCUT2D eigenvalue weighted by Crippen LogP contribution is 2.23. The summed E-state index contributed by atoms with van der Waals surface area (Å²) < 4.78 is 11.2. The van der Waals surface area contributed by atoms with Crippen LogP contribution in [0.5, 0.6) is 5.88 Å². The molecular formula is C13H20N2O2. The van der Waals surface area contributed by atoms with E-state index in [1.54, 1.807) is 13.3 Å². The van der Waals surface area contributed by atoms with Crippen LogP contribution in [-0.4, -0.2) is 30.8 Å². The Morgan fingerprint density at radius 2 is 2.41 bits per heavy atom. The zero-order valence-corrected chi connectivity index (χ0v) is 10.5. The third kappa shape index (κ3) is 3.17. The van der Waals surface area contributed by atoms with Crippen molar-refractivity contribution in [1.29, 1.82) is 0 Å². The van der Waals surface area contributed by atoms with Crippen LogP contribution in [-0.2, 0) is 11.3 Å². The first-order chi connectivity index (χ1) is 8.23. The van der Waals surface area contributed by atoms with Gasteiger partial charge in [0.25, 0.3) is 0 Å². The van der Waals surface area contributed by atoms with Crippen LogP contribution in [0, 0.1) is 0 Å². The molecule has 0 aromatic carbocycles. The Morgan fingerprint density at radius 1 is 1.53 bits per heavy atom. The van der Waals surface area contributed by atoms with Gasteiger partial charge in [-0.3, -0.25) is 0 Å². The molecule has 1 atom stereocenters. The van der Waals surface area contributed by atoms with Gasteiger partial charge in [0, 0.05) is 18.3 Å². The van der Waals surface area contributed by atoms with Crippen LogP contribution in [0.4, 0.5) is 0 Å². The van der Waals surface area contributed by atoms with E-state index in [9.17, 15) is 0 Å². The maximum Gasteiger partial charge on any atom is 0.218 e. The molecule has 0 radical (unpaired) electrons. The van der Waals surface area contributed by atoms with E-state index in [2.05, 4.69) is 17.2 Å². The minimum Gasteiger partial charge on any atom is -0.481 e. The molecule has 1 unspecified atom stereocenters. The van der Waals surface area contributed by atoms with Gasteiger partial charge in [-0.15, -0.1) is 0 Å². The van der Waals surface area contributed by atoms with Crippen LogP contribution in [0.1, 0.15) is 25.3 Å². The summed E-state index contributed by atoms with van der Waals surface area (Å²) in [5.74, 6) is 0.653. The summed E-state index contributed by atoms with van der Waals surface area (Å²) in [7, 11) is 1.63. The van der Waals surface area contributed by atoms with Crippen molar-refractivity contribution in [2.45, 2.75) is 32.0 Å². The van der Waals surface area contributed by atoms with Gasteiger partial charge in [-0.1, -0.05) is 0 Å². The number of methoxy groups -OCH3 is 1. The first-order valence-electron chi connectivity index (χ1n) is 6.06. The molecular weight excluding hydrogens is 216 g/mol. The summed E-state index contributed by atoms with van der Waals surface area (Å²) in [5, 5.41) is 3.37. The number of pyridine rings is 1. The minimum absolute atomic E-state index is 0.0703. The smallest absolute Gasteiger partial charge is 0.218 e. The van der Waals surface area contributed by atoms with E-state index >= 15 is 0 Å². The van der Waals surface area contributed by atoms with E-state index in [4.69, 9.17) is 9.47 Å². The molecule has 1 aromatic heterocycles. The van der Waals surface area contributed by atoms with Gasteiger partial charge in [0.15, 0.2) is 0 Å². The Morgan fingerprint density at radius 3 is 3.12 bits per heavy atom. The van der Waals surface area contributed by atoms with Crippen LogP contribution in [0.2, 0.25) is 0 Å². The number of nitrogens with zero attached hydrogens (tertiary/aromatic N) is 1. The molecule has 1 aromatic rings. The second-order valence-electron chi connectivity index (χ2n) is 4.69. The van der Waals surface area contributed by atoms with Crippen molar-refractivity contribution in [1.82, 2.24) is 10.3 Å².